The normalized spacial score (nSPS) is 12.7. The number of carbonyl (C=O) groups is 3. The Labute approximate surface area is 477 Å². The molecule has 0 aliphatic rings. The third-order valence-corrected chi connectivity index (χ3v) is 14.1. The van der Waals surface area contributed by atoms with Crippen molar-refractivity contribution in [2.24, 2.45) is 0 Å². The van der Waals surface area contributed by atoms with Crippen molar-refractivity contribution in [3.05, 3.63) is 97.2 Å². The number of hydrogen-bond acceptors (Lipinski definition) is 6. The Bertz CT molecular complexity index is 1510. The summed E-state index contributed by atoms with van der Waals surface area (Å²) in [5, 5.41) is 0. The summed E-state index contributed by atoms with van der Waals surface area (Å²) in [6.07, 6.45) is 87.3. The molecule has 0 aliphatic carbocycles. The highest BCUT2D eigenvalue weighted by Gasteiger charge is 2.19. The van der Waals surface area contributed by atoms with Crippen molar-refractivity contribution in [1.82, 2.24) is 0 Å². The number of ether oxygens (including phenoxy) is 3. The van der Waals surface area contributed by atoms with Gasteiger partial charge in [0, 0.05) is 19.3 Å². The summed E-state index contributed by atoms with van der Waals surface area (Å²) in [5.41, 5.74) is 0. The summed E-state index contributed by atoms with van der Waals surface area (Å²) in [7, 11) is 0. The van der Waals surface area contributed by atoms with Crippen LogP contribution in [-0.2, 0) is 28.6 Å². The zero-order chi connectivity index (χ0) is 55.7. The monoisotopic (exact) mass is 1070 g/mol. The smallest absolute Gasteiger partial charge is 0.306 e. The lowest BCUT2D eigenvalue weighted by atomic mass is 10.0. The van der Waals surface area contributed by atoms with Crippen LogP contribution in [0, 0.1) is 0 Å². The molecule has 0 aromatic rings. The Kier molecular flexibility index (Phi) is 61.8. The summed E-state index contributed by atoms with van der Waals surface area (Å²) >= 11 is 0. The molecule has 442 valence electrons. The first-order chi connectivity index (χ1) is 38.0. The maximum Gasteiger partial charge on any atom is 0.306 e. The Morgan fingerprint density at radius 1 is 0.273 bits per heavy atom. The van der Waals surface area contributed by atoms with E-state index in [4.69, 9.17) is 14.2 Å². The first kappa shape index (κ1) is 73.3. The molecule has 77 heavy (non-hydrogen) atoms. The Morgan fingerprint density at radius 3 is 0.818 bits per heavy atom. The number of hydrogen-bond donors (Lipinski definition) is 0. The van der Waals surface area contributed by atoms with E-state index in [0.717, 1.165) is 116 Å². The minimum absolute atomic E-state index is 0.0793. The Balaban J connectivity index is 4.06. The molecule has 0 radical (unpaired) electrons. The maximum absolute atomic E-state index is 12.8. The quantitative estimate of drug-likeness (QED) is 0.0261. The molecule has 6 nitrogen and oxygen atoms in total. The fourth-order valence-electron chi connectivity index (χ4n) is 9.18. The van der Waals surface area contributed by atoms with E-state index in [-0.39, 0.29) is 31.1 Å². The third kappa shape index (κ3) is 63.0. The van der Waals surface area contributed by atoms with Crippen LogP contribution in [0.1, 0.15) is 316 Å². The van der Waals surface area contributed by atoms with Crippen LogP contribution >= 0.6 is 0 Å². The maximum atomic E-state index is 12.8. The molecule has 0 spiro atoms. The van der Waals surface area contributed by atoms with E-state index in [9.17, 15) is 14.4 Å². The molecule has 0 aromatic carbocycles. The van der Waals surface area contributed by atoms with Gasteiger partial charge in [-0.25, -0.2) is 0 Å². The molecule has 1 atom stereocenters. The third-order valence-electron chi connectivity index (χ3n) is 14.1. The van der Waals surface area contributed by atoms with Crippen molar-refractivity contribution < 1.29 is 28.6 Å². The highest BCUT2D eigenvalue weighted by molar-refractivity contribution is 5.71. The topological polar surface area (TPSA) is 78.9 Å². The number of unbranched alkanes of at least 4 members (excludes halogenated alkanes) is 32. The molecule has 0 fully saturated rings. The lowest BCUT2D eigenvalue weighted by Gasteiger charge is -2.18. The molecule has 0 heterocycles. The van der Waals surface area contributed by atoms with Gasteiger partial charge in [-0.05, 0) is 103 Å². The average Bonchev–Trinajstić information content (AvgIpc) is 3.43. The molecule has 0 aromatic heterocycles. The van der Waals surface area contributed by atoms with Crippen molar-refractivity contribution in [1.29, 1.82) is 0 Å². The lowest BCUT2D eigenvalue weighted by Crippen LogP contribution is -2.30. The van der Waals surface area contributed by atoms with E-state index >= 15 is 0 Å². The predicted octanol–water partition coefficient (Wildman–Crippen LogP) is 22.4. The molecule has 0 aliphatic heterocycles. The van der Waals surface area contributed by atoms with Gasteiger partial charge in [0.05, 0.1) is 0 Å². The second-order valence-electron chi connectivity index (χ2n) is 21.6. The molecular weight excluding hydrogens is 949 g/mol. The van der Waals surface area contributed by atoms with Gasteiger partial charge in [-0.3, -0.25) is 14.4 Å². The van der Waals surface area contributed by atoms with Gasteiger partial charge in [-0.2, -0.15) is 0 Å². The number of carbonyl (C=O) groups excluding carboxylic acids is 3. The van der Waals surface area contributed by atoms with Crippen LogP contribution in [0.4, 0.5) is 0 Å². The van der Waals surface area contributed by atoms with E-state index in [1.165, 1.54) is 161 Å². The van der Waals surface area contributed by atoms with Gasteiger partial charge in [0.1, 0.15) is 13.2 Å². The van der Waals surface area contributed by atoms with Gasteiger partial charge in [-0.1, -0.05) is 291 Å². The first-order valence-corrected chi connectivity index (χ1v) is 32.7. The van der Waals surface area contributed by atoms with Crippen molar-refractivity contribution in [2.75, 3.05) is 13.2 Å². The second kappa shape index (κ2) is 64.9. The van der Waals surface area contributed by atoms with Gasteiger partial charge in [0.25, 0.3) is 0 Å². The summed E-state index contributed by atoms with van der Waals surface area (Å²) < 4.78 is 16.8. The number of allylic oxidation sites excluding steroid dienone is 16. The van der Waals surface area contributed by atoms with Gasteiger partial charge >= 0.3 is 17.9 Å². The lowest BCUT2D eigenvalue weighted by molar-refractivity contribution is -0.167. The van der Waals surface area contributed by atoms with Gasteiger partial charge < -0.3 is 14.2 Å². The Hall–Kier alpha value is -3.67. The van der Waals surface area contributed by atoms with Crippen LogP contribution in [-0.4, -0.2) is 37.2 Å². The average molecular weight is 1070 g/mol. The number of rotatable bonds is 59. The second-order valence-corrected chi connectivity index (χ2v) is 21.6. The molecule has 0 amide bonds. The van der Waals surface area contributed by atoms with Crippen molar-refractivity contribution in [3.8, 4) is 0 Å². The van der Waals surface area contributed by atoms with Gasteiger partial charge in [0.15, 0.2) is 6.10 Å². The highest BCUT2D eigenvalue weighted by atomic mass is 16.6. The molecule has 0 saturated heterocycles. The van der Waals surface area contributed by atoms with Crippen LogP contribution in [0.5, 0.6) is 0 Å². The van der Waals surface area contributed by atoms with E-state index in [1.807, 2.05) is 0 Å². The zero-order valence-corrected chi connectivity index (χ0v) is 50.7. The van der Waals surface area contributed by atoms with E-state index in [1.54, 1.807) is 0 Å². The standard InChI is InChI=1S/C71H122O6/c1-4-7-10-13-16-18-20-22-24-26-28-29-30-31-32-33-34-35-36-37-38-39-40-41-43-44-46-48-50-52-55-58-61-64-70(73)76-67-68(66-75-69(72)63-60-57-54-15-12-9-6-3)77-71(74)65-62-59-56-53-51-49-47-45-42-27-25-23-21-19-17-14-11-8-5-2/h7,10,16-19,22-25,28-29,31-32,42,45,68H,4-6,8-9,11-15,20-21,26-27,30,33-41,43-44,46-67H2,1-3H3/b10-7-,18-16-,19-17-,24-22-,25-23-,29-28-,32-31-,45-42-. The molecule has 0 N–H and O–H groups in total. The van der Waals surface area contributed by atoms with Crippen LogP contribution in [0.25, 0.3) is 0 Å². The van der Waals surface area contributed by atoms with E-state index in [0.29, 0.717) is 19.3 Å². The molecule has 0 rings (SSSR count). The predicted molar refractivity (Wildman–Crippen MR) is 334 cm³/mol. The van der Waals surface area contributed by atoms with Crippen LogP contribution in [0.15, 0.2) is 97.2 Å². The molecule has 0 saturated carbocycles. The molecule has 0 bridgehead atoms. The van der Waals surface area contributed by atoms with Crippen LogP contribution in [0.3, 0.4) is 0 Å². The summed E-state index contributed by atoms with van der Waals surface area (Å²) in [6.45, 7) is 6.47. The molecular formula is C71H122O6. The minimum Gasteiger partial charge on any atom is -0.462 e. The molecule has 6 heteroatoms. The fraction of sp³-hybridized carbons (Fsp3) is 0.732. The Morgan fingerprint density at radius 2 is 0.506 bits per heavy atom. The fourth-order valence-corrected chi connectivity index (χ4v) is 9.18. The van der Waals surface area contributed by atoms with Crippen molar-refractivity contribution in [2.45, 2.75) is 322 Å². The SMILES string of the molecule is CC/C=C\C/C=C\C/C=C\C/C=C\C/C=C\CCCCCCCCCCCCCCCCCCCC(=O)OCC(COC(=O)CCCCCCCCC)OC(=O)CCCCCCCC/C=C\C/C=C\C/C=C\CCCCC. The van der Waals surface area contributed by atoms with Crippen LogP contribution < -0.4 is 0 Å². The summed E-state index contributed by atoms with van der Waals surface area (Å²) in [6, 6.07) is 0. The first-order valence-electron chi connectivity index (χ1n) is 32.7. The van der Waals surface area contributed by atoms with E-state index in [2.05, 4.69) is 118 Å². The van der Waals surface area contributed by atoms with Crippen LogP contribution in [0.2, 0.25) is 0 Å². The van der Waals surface area contributed by atoms with Crippen molar-refractivity contribution in [3.63, 3.8) is 0 Å². The zero-order valence-electron chi connectivity index (χ0n) is 50.7. The van der Waals surface area contributed by atoms with Gasteiger partial charge in [0.2, 0.25) is 0 Å². The molecule has 1 unspecified atom stereocenters. The highest BCUT2D eigenvalue weighted by Crippen LogP contribution is 2.17. The van der Waals surface area contributed by atoms with E-state index < -0.39 is 6.10 Å². The summed E-state index contributed by atoms with van der Waals surface area (Å²) in [5.74, 6) is -0.888. The van der Waals surface area contributed by atoms with Gasteiger partial charge in [-0.15, -0.1) is 0 Å². The largest absolute Gasteiger partial charge is 0.462 e. The minimum atomic E-state index is -0.780. The number of esters is 3. The van der Waals surface area contributed by atoms with Crippen molar-refractivity contribution >= 4 is 17.9 Å². The summed E-state index contributed by atoms with van der Waals surface area (Å²) in [4.78, 5) is 38.1.